The van der Waals surface area contributed by atoms with Crippen molar-refractivity contribution in [1.29, 1.82) is 0 Å². The van der Waals surface area contributed by atoms with Crippen molar-refractivity contribution in [2.75, 3.05) is 0 Å². The molecular weight excluding hydrogens is 212 g/mol. The van der Waals surface area contributed by atoms with E-state index >= 15 is 0 Å². The molecule has 3 N–H and O–H groups in total. The lowest BCUT2D eigenvalue weighted by molar-refractivity contribution is 0.124. The smallest absolute Gasteiger partial charge is 0.111 e. The van der Waals surface area contributed by atoms with E-state index in [0.717, 1.165) is 6.42 Å². The van der Waals surface area contributed by atoms with Gasteiger partial charge >= 0.3 is 0 Å². The van der Waals surface area contributed by atoms with E-state index in [1.54, 1.807) is 6.20 Å². The van der Waals surface area contributed by atoms with E-state index < -0.39 is 6.10 Å². The zero-order valence-corrected chi connectivity index (χ0v) is 10.3. The van der Waals surface area contributed by atoms with Gasteiger partial charge in [-0.2, -0.15) is 0 Å². The molecule has 0 unspecified atom stereocenters. The van der Waals surface area contributed by atoms with E-state index in [9.17, 15) is 5.11 Å². The summed E-state index contributed by atoms with van der Waals surface area (Å²) in [4.78, 5) is 4.16. The van der Waals surface area contributed by atoms with E-state index in [1.165, 1.54) is 32.1 Å². The minimum Gasteiger partial charge on any atom is -0.385 e. The molecule has 0 amide bonds. The summed E-state index contributed by atoms with van der Waals surface area (Å²) in [6.45, 7) is 0. The maximum atomic E-state index is 10.1. The molecule has 1 aromatic heterocycles. The molecule has 94 valence electrons. The fourth-order valence-electron chi connectivity index (χ4n) is 2.71. The maximum absolute atomic E-state index is 10.1. The number of aromatic nitrogens is 1. The van der Waals surface area contributed by atoms with Crippen LogP contribution in [0.2, 0.25) is 0 Å². The first-order valence-electron chi connectivity index (χ1n) is 6.62. The van der Waals surface area contributed by atoms with Crippen LogP contribution in [-0.2, 0) is 0 Å². The van der Waals surface area contributed by atoms with Crippen molar-refractivity contribution < 1.29 is 5.11 Å². The molecule has 1 saturated carbocycles. The first kappa shape index (κ1) is 12.5. The average Bonchev–Trinajstić information content (AvgIpc) is 2.40. The van der Waals surface area contributed by atoms with Gasteiger partial charge in [0.15, 0.2) is 0 Å². The zero-order valence-electron chi connectivity index (χ0n) is 10.3. The van der Waals surface area contributed by atoms with E-state index in [-0.39, 0.29) is 6.04 Å². The van der Waals surface area contributed by atoms with E-state index in [0.29, 0.717) is 11.6 Å². The van der Waals surface area contributed by atoms with Gasteiger partial charge in [0, 0.05) is 12.2 Å². The molecule has 3 nitrogen and oxygen atoms in total. The highest BCUT2D eigenvalue weighted by molar-refractivity contribution is 5.08. The number of aliphatic hydroxyl groups excluding tert-OH is 1. The third-order valence-corrected chi connectivity index (χ3v) is 3.73. The van der Waals surface area contributed by atoms with Gasteiger partial charge in [0.25, 0.3) is 0 Å². The number of rotatable bonds is 4. The molecule has 2 rings (SSSR count). The summed E-state index contributed by atoms with van der Waals surface area (Å²) in [6, 6.07) is 5.39. The molecule has 1 fully saturated rings. The van der Waals surface area contributed by atoms with Gasteiger partial charge in [-0.3, -0.25) is 4.98 Å². The normalized spacial score (nSPS) is 21.1. The van der Waals surface area contributed by atoms with E-state index in [2.05, 4.69) is 4.98 Å². The van der Waals surface area contributed by atoms with Crippen LogP contribution >= 0.6 is 0 Å². The third-order valence-electron chi connectivity index (χ3n) is 3.73. The van der Waals surface area contributed by atoms with E-state index in [4.69, 9.17) is 5.73 Å². The fourth-order valence-corrected chi connectivity index (χ4v) is 2.71. The van der Waals surface area contributed by atoms with Crippen LogP contribution in [0.3, 0.4) is 0 Å². The fraction of sp³-hybridized carbons (Fsp3) is 0.643. The molecule has 0 saturated heterocycles. The monoisotopic (exact) mass is 234 g/mol. The second-order valence-electron chi connectivity index (χ2n) is 5.10. The number of aliphatic hydroxyl groups is 1. The lowest BCUT2D eigenvalue weighted by atomic mass is 9.83. The van der Waals surface area contributed by atoms with Crippen LogP contribution in [0.1, 0.15) is 50.3 Å². The Morgan fingerprint density at radius 2 is 2.06 bits per heavy atom. The molecule has 0 aliphatic heterocycles. The predicted octanol–water partition coefficient (Wildman–Crippen LogP) is 2.41. The molecule has 0 spiro atoms. The summed E-state index contributed by atoms with van der Waals surface area (Å²) in [5.41, 5.74) is 6.78. The van der Waals surface area contributed by atoms with Crippen LogP contribution in [0.15, 0.2) is 24.4 Å². The van der Waals surface area contributed by atoms with Gasteiger partial charge in [-0.1, -0.05) is 38.2 Å². The van der Waals surface area contributed by atoms with Crippen LogP contribution in [0.25, 0.3) is 0 Å². The Morgan fingerprint density at radius 3 is 2.71 bits per heavy atom. The SMILES string of the molecule is N[C@@H](CC1CCCCC1)[C@@H](O)c1ccccn1. The van der Waals surface area contributed by atoms with Crippen molar-refractivity contribution in [2.45, 2.75) is 50.7 Å². The van der Waals surface area contributed by atoms with Crippen molar-refractivity contribution in [1.82, 2.24) is 4.98 Å². The van der Waals surface area contributed by atoms with Crippen molar-refractivity contribution >= 4 is 0 Å². The van der Waals surface area contributed by atoms with Crippen LogP contribution in [0.4, 0.5) is 0 Å². The number of nitrogens with zero attached hydrogens (tertiary/aromatic N) is 1. The Morgan fingerprint density at radius 1 is 1.29 bits per heavy atom. The number of hydrogen-bond donors (Lipinski definition) is 2. The standard InChI is InChI=1S/C14H22N2O/c15-12(10-11-6-2-1-3-7-11)14(17)13-8-4-5-9-16-13/h4-5,8-9,11-12,14,17H,1-3,6-7,10,15H2/t12-,14+/m0/s1. The largest absolute Gasteiger partial charge is 0.385 e. The molecule has 0 radical (unpaired) electrons. The minimum absolute atomic E-state index is 0.187. The minimum atomic E-state index is -0.627. The van der Waals surface area contributed by atoms with Gasteiger partial charge in [-0.25, -0.2) is 0 Å². The highest BCUT2D eigenvalue weighted by Crippen LogP contribution is 2.29. The molecular formula is C14H22N2O. The van der Waals surface area contributed by atoms with Crippen molar-refractivity contribution in [2.24, 2.45) is 11.7 Å². The third kappa shape index (κ3) is 3.51. The Labute approximate surface area is 103 Å². The lowest BCUT2D eigenvalue weighted by Gasteiger charge is -2.26. The Hall–Kier alpha value is -0.930. The van der Waals surface area contributed by atoms with Crippen molar-refractivity contribution in [3.05, 3.63) is 30.1 Å². The van der Waals surface area contributed by atoms with Gasteiger partial charge in [-0.15, -0.1) is 0 Å². The molecule has 3 heteroatoms. The summed E-state index contributed by atoms with van der Waals surface area (Å²) in [5, 5.41) is 10.1. The molecule has 0 aromatic carbocycles. The Kier molecular flexibility index (Phi) is 4.51. The number of pyridine rings is 1. The van der Waals surface area contributed by atoms with Gasteiger partial charge in [0.1, 0.15) is 6.10 Å². The molecule has 1 aliphatic rings. The number of hydrogen-bond acceptors (Lipinski definition) is 3. The molecule has 0 bridgehead atoms. The Balaban J connectivity index is 1.88. The molecule has 1 heterocycles. The lowest BCUT2D eigenvalue weighted by Crippen LogP contribution is -2.31. The summed E-state index contributed by atoms with van der Waals surface area (Å²) >= 11 is 0. The quantitative estimate of drug-likeness (QED) is 0.841. The molecule has 2 atom stereocenters. The van der Waals surface area contributed by atoms with Crippen molar-refractivity contribution in [3.8, 4) is 0 Å². The second kappa shape index (κ2) is 6.12. The van der Waals surface area contributed by atoms with Gasteiger partial charge < -0.3 is 10.8 Å². The van der Waals surface area contributed by atoms with Crippen LogP contribution < -0.4 is 5.73 Å². The highest BCUT2D eigenvalue weighted by atomic mass is 16.3. The summed E-state index contributed by atoms with van der Waals surface area (Å²) in [7, 11) is 0. The molecule has 1 aliphatic carbocycles. The summed E-state index contributed by atoms with van der Waals surface area (Å²) < 4.78 is 0. The van der Waals surface area contributed by atoms with Gasteiger partial charge in [0.05, 0.1) is 5.69 Å². The Bertz CT molecular complexity index is 322. The van der Waals surface area contributed by atoms with Gasteiger partial charge in [-0.05, 0) is 24.5 Å². The predicted molar refractivity (Wildman–Crippen MR) is 68.4 cm³/mol. The summed E-state index contributed by atoms with van der Waals surface area (Å²) in [6.07, 6.45) is 8.51. The average molecular weight is 234 g/mol. The highest BCUT2D eigenvalue weighted by Gasteiger charge is 2.23. The van der Waals surface area contributed by atoms with Crippen LogP contribution in [-0.4, -0.2) is 16.1 Å². The first-order chi connectivity index (χ1) is 8.27. The molecule has 17 heavy (non-hydrogen) atoms. The first-order valence-corrected chi connectivity index (χ1v) is 6.62. The van der Waals surface area contributed by atoms with Crippen molar-refractivity contribution in [3.63, 3.8) is 0 Å². The van der Waals surface area contributed by atoms with Gasteiger partial charge in [0.2, 0.25) is 0 Å². The number of nitrogens with two attached hydrogens (primary N) is 1. The van der Waals surface area contributed by atoms with E-state index in [1.807, 2.05) is 18.2 Å². The van der Waals surface area contributed by atoms with Crippen LogP contribution in [0.5, 0.6) is 0 Å². The second-order valence-corrected chi connectivity index (χ2v) is 5.10. The topological polar surface area (TPSA) is 59.1 Å². The summed E-state index contributed by atoms with van der Waals surface area (Å²) in [5.74, 6) is 0.692. The molecule has 1 aromatic rings. The van der Waals surface area contributed by atoms with Crippen LogP contribution in [0, 0.1) is 5.92 Å². The maximum Gasteiger partial charge on any atom is 0.111 e. The zero-order chi connectivity index (χ0) is 12.1.